The highest BCUT2D eigenvalue weighted by atomic mass is 35.5. The zero-order valence-corrected chi connectivity index (χ0v) is 20.7. The van der Waals surface area contributed by atoms with Crippen LogP contribution in [0.15, 0.2) is 89.0 Å². The average molecular weight is 523 g/mol. The molecule has 3 aromatic carbocycles. The maximum atomic E-state index is 12.7. The fourth-order valence-electron chi connectivity index (χ4n) is 3.99. The Balaban J connectivity index is 1.34. The summed E-state index contributed by atoms with van der Waals surface area (Å²) in [6.07, 6.45) is 0.653. The Morgan fingerprint density at radius 3 is 2.51 bits per heavy atom. The Morgan fingerprint density at radius 2 is 1.77 bits per heavy atom. The van der Waals surface area contributed by atoms with E-state index in [1.165, 1.54) is 11.8 Å². The smallest absolute Gasteiger partial charge is 0.262 e. The van der Waals surface area contributed by atoms with E-state index in [9.17, 15) is 9.59 Å². The van der Waals surface area contributed by atoms with E-state index in [4.69, 9.17) is 28.3 Å². The fourth-order valence-corrected chi connectivity index (χ4v) is 5.37. The molecule has 3 aromatic rings. The number of thioether (sulfide) groups is 1. The first-order valence-corrected chi connectivity index (χ1v) is 12.6. The monoisotopic (exact) mass is 522 g/mol. The highest BCUT2D eigenvalue weighted by Crippen LogP contribution is 2.38. The lowest BCUT2D eigenvalue weighted by Gasteiger charge is -2.23. The zero-order chi connectivity index (χ0) is 24.4. The number of benzene rings is 3. The van der Waals surface area contributed by atoms with Crippen molar-refractivity contribution in [1.82, 2.24) is 5.01 Å². The summed E-state index contributed by atoms with van der Waals surface area (Å²) in [5.41, 5.74) is 3.50. The predicted molar refractivity (Wildman–Crippen MR) is 142 cm³/mol. The molecule has 0 saturated carbocycles. The van der Waals surface area contributed by atoms with E-state index in [2.05, 4.69) is 10.3 Å². The van der Waals surface area contributed by atoms with Gasteiger partial charge < -0.3 is 5.32 Å². The lowest BCUT2D eigenvalue weighted by Crippen LogP contribution is -2.25. The van der Waals surface area contributed by atoms with Crippen molar-refractivity contribution in [3.63, 3.8) is 0 Å². The summed E-state index contributed by atoms with van der Waals surface area (Å²) in [4.78, 5) is 29.6. The highest BCUT2D eigenvalue weighted by molar-refractivity contribution is 8.15. The summed E-state index contributed by atoms with van der Waals surface area (Å²) in [6.45, 7) is 0. The summed E-state index contributed by atoms with van der Waals surface area (Å²) < 4.78 is 0. The third-order valence-electron chi connectivity index (χ3n) is 5.68. The molecule has 0 bridgehead atoms. The molecule has 0 aliphatic carbocycles. The van der Waals surface area contributed by atoms with Gasteiger partial charge in [-0.1, -0.05) is 83.5 Å². The van der Waals surface area contributed by atoms with E-state index in [1.807, 2.05) is 54.6 Å². The summed E-state index contributed by atoms with van der Waals surface area (Å²) in [5, 5.41) is 10.5. The fraction of sp³-hybridized carbons (Fsp3) is 0.154. The van der Waals surface area contributed by atoms with Crippen LogP contribution in [0.3, 0.4) is 0 Å². The summed E-state index contributed by atoms with van der Waals surface area (Å²) in [5.74, 6) is -0.617. The number of nitrogens with zero attached hydrogens (tertiary/aromatic N) is 3. The Hall–Kier alpha value is -3.13. The van der Waals surface area contributed by atoms with Gasteiger partial charge in [-0.3, -0.25) is 9.59 Å². The topological polar surface area (TPSA) is 74.1 Å². The first kappa shape index (κ1) is 23.6. The van der Waals surface area contributed by atoms with Crippen molar-refractivity contribution in [3.05, 3.63) is 100 Å². The standard InChI is InChI=1S/C26H20Cl2N4O2S/c27-18-11-9-16(10-12-18)21-14-22(17-5-2-1-3-6-17)32(31-21)26-30-25(34)23(35-26)15-24(33)29-20-8-4-7-19(28)13-20/h1-13,22-23H,14-15H2,(H,29,33)/t22-,23-/m0/s1. The van der Waals surface area contributed by atoms with Crippen LogP contribution in [0.1, 0.15) is 30.0 Å². The number of aliphatic imine (C=N–C) groups is 1. The van der Waals surface area contributed by atoms with Gasteiger partial charge >= 0.3 is 0 Å². The molecule has 176 valence electrons. The van der Waals surface area contributed by atoms with Gasteiger partial charge in [0.2, 0.25) is 5.91 Å². The molecule has 2 heterocycles. The van der Waals surface area contributed by atoms with Crippen molar-refractivity contribution >= 4 is 63.3 Å². The molecule has 2 aliphatic rings. The van der Waals surface area contributed by atoms with Crippen molar-refractivity contribution < 1.29 is 9.59 Å². The van der Waals surface area contributed by atoms with Crippen molar-refractivity contribution in [1.29, 1.82) is 0 Å². The number of anilines is 1. The molecule has 0 aromatic heterocycles. The van der Waals surface area contributed by atoms with Gasteiger partial charge in [0.1, 0.15) is 5.25 Å². The summed E-state index contributed by atoms with van der Waals surface area (Å²) in [6, 6.07) is 24.3. The second-order valence-electron chi connectivity index (χ2n) is 8.13. The SMILES string of the molecule is O=C(C[C@@H]1SC(N2N=C(c3ccc(Cl)cc3)C[C@H]2c2ccccc2)=NC1=O)Nc1cccc(Cl)c1. The second-order valence-corrected chi connectivity index (χ2v) is 10.2. The first-order valence-electron chi connectivity index (χ1n) is 11.0. The van der Waals surface area contributed by atoms with Crippen molar-refractivity contribution in [3.8, 4) is 0 Å². The number of hydrazone groups is 1. The molecule has 2 amide bonds. The van der Waals surface area contributed by atoms with Gasteiger partial charge in [0.05, 0.1) is 11.8 Å². The minimum Gasteiger partial charge on any atom is -0.326 e. The van der Waals surface area contributed by atoms with Crippen LogP contribution in [0.5, 0.6) is 0 Å². The maximum absolute atomic E-state index is 12.7. The van der Waals surface area contributed by atoms with Gasteiger partial charge in [-0.15, -0.1) is 0 Å². The molecule has 35 heavy (non-hydrogen) atoms. The van der Waals surface area contributed by atoms with Gasteiger partial charge in [0.25, 0.3) is 5.91 Å². The number of halogens is 2. The minimum atomic E-state index is -0.615. The van der Waals surface area contributed by atoms with Crippen LogP contribution in [-0.2, 0) is 9.59 Å². The van der Waals surface area contributed by atoms with Crippen molar-refractivity contribution in [2.45, 2.75) is 24.1 Å². The number of nitrogens with one attached hydrogen (secondary N) is 1. The van der Waals surface area contributed by atoms with Crippen molar-refractivity contribution in [2.24, 2.45) is 10.1 Å². The van der Waals surface area contributed by atoms with E-state index >= 15 is 0 Å². The quantitative estimate of drug-likeness (QED) is 0.434. The Morgan fingerprint density at radius 1 is 1.00 bits per heavy atom. The van der Waals surface area contributed by atoms with Crippen molar-refractivity contribution in [2.75, 3.05) is 5.32 Å². The number of amides is 2. The highest BCUT2D eigenvalue weighted by Gasteiger charge is 2.39. The Bertz CT molecular complexity index is 1330. The Kier molecular flexibility index (Phi) is 6.90. The van der Waals surface area contributed by atoms with E-state index in [-0.39, 0.29) is 24.3 Å². The average Bonchev–Trinajstić information content (AvgIpc) is 3.44. The number of amidine groups is 1. The van der Waals surface area contributed by atoms with Gasteiger partial charge in [-0.05, 0) is 41.5 Å². The third kappa shape index (κ3) is 5.42. The van der Waals surface area contributed by atoms with Crippen LogP contribution in [0.2, 0.25) is 10.0 Å². The van der Waals surface area contributed by atoms with Gasteiger partial charge in [-0.25, -0.2) is 5.01 Å². The summed E-state index contributed by atoms with van der Waals surface area (Å²) in [7, 11) is 0. The lowest BCUT2D eigenvalue weighted by atomic mass is 9.99. The van der Waals surface area contributed by atoms with E-state index < -0.39 is 5.25 Å². The number of hydrogen-bond donors (Lipinski definition) is 1. The molecule has 1 N–H and O–H groups in total. The maximum Gasteiger partial charge on any atom is 0.262 e. The molecule has 0 radical (unpaired) electrons. The van der Waals surface area contributed by atoms with E-state index in [0.717, 1.165) is 16.8 Å². The van der Waals surface area contributed by atoms with Gasteiger partial charge in [0.15, 0.2) is 5.17 Å². The molecule has 2 atom stereocenters. The number of hydrogen-bond acceptors (Lipinski definition) is 5. The molecule has 2 aliphatic heterocycles. The normalized spacial score (nSPS) is 19.5. The first-order chi connectivity index (χ1) is 17.0. The molecule has 0 saturated heterocycles. The van der Waals surface area contributed by atoms with Crippen LogP contribution in [-0.4, -0.2) is 33.0 Å². The largest absolute Gasteiger partial charge is 0.326 e. The number of carbonyl (C=O) groups is 2. The molecular weight excluding hydrogens is 503 g/mol. The molecule has 0 spiro atoms. The van der Waals surface area contributed by atoms with Crippen LogP contribution in [0, 0.1) is 0 Å². The Labute approximate surface area is 217 Å². The van der Waals surface area contributed by atoms with Crippen LogP contribution in [0.4, 0.5) is 5.69 Å². The molecular formula is C26H20Cl2N4O2S. The van der Waals surface area contributed by atoms with Gasteiger partial charge in [-0.2, -0.15) is 10.1 Å². The predicted octanol–water partition coefficient (Wildman–Crippen LogP) is 6.17. The minimum absolute atomic E-state index is 0.000608. The lowest BCUT2D eigenvalue weighted by molar-refractivity contribution is -0.121. The van der Waals surface area contributed by atoms with Crippen LogP contribution in [0.25, 0.3) is 0 Å². The van der Waals surface area contributed by atoms with Gasteiger partial charge in [0, 0.05) is 28.6 Å². The second kappa shape index (κ2) is 10.2. The van der Waals surface area contributed by atoms with Crippen LogP contribution >= 0.6 is 35.0 Å². The zero-order valence-electron chi connectivity index (χ0n) is 18.4. The summed E-state index contributed by atoms with van der Waals surface area (Å²) >= 11 is 13.3. The molecule has 0 unspecified atom stereocenters. The van der Waals surface area contributed by atoms with E-state index in [1.54, 1.807) is 29.3 Å². The number of rotatable bonds is 5. The molecule has 0 fully saturated rings. The molecule has 9 heteroatoms. The molecule has 6 nitrogen and oxygen atoms in total. The number of carbonyl (C=O) groups excluding carboxylic acids is 2. The molecule has 5 rings (SSSR count). The van der Waals surface area contributed by atoms with E-state index in [0.29, 0.717) is 27.3 Å². The van der Waals surface area contributed by atoms with Crippen LogP contribution < -0.4 is 5.32 Å². The third-order valence-corrected chi connectivity index (χ3v) is 7.31.